The first kappa shape index (κ1) is 17.2. The first-order valence-corrected chi connectivity index (χ1v) is 7.29. The predicted octanol–water partition coefficient (Wildman–Crippen LogP) is 1.92. The van der Waals surface area contributed by atoms with Crippen molar-refractivity contribution in [1.82, 2.24) is 4.90 Å². The van der Waals surface area contributed by atoms with E-state index in [0.717, 1.165) is 5.56 Å². The highest BCUT2D eigenvalue weighted by Crippen LogP contribution is 2.07. The molecule has 4 heteroatoms. The normalized spacial score (nSPS) is 9.86. The van der Waals surface area contributed by atoms with Gasteiger partial charge in [0.15, 0.2) is 0 Å². The molecule has 0 saturated heterocycles. The Hall–Kier alpha value is -1.83. The van der Waals surface area contributed by atoms with Crippen LogP contribution >= 0.6 is 0 Å². The maximum atomic E-state index is 12.3. The molecule has 0 heterocycles. The summed E-state index contributed by atoms with van der Waals surface area (Å²) in [5.41, 5.74) is 1.50. The van der Waals surface area contributed by atoms with Gasteiger partial charge >= 0.3 is 0 Å². The summed E-state index contributed by atoms with van der Waals surface area (Å²) in [7, 11) is 0. The van der Waals surface area contributed by atoms with Crippen molar-refractivity contribution in [3.05, 3.63) is 35.4 Å². The van der Waals surface area contributed by atoms with E-state index in [2.05, 4.69) is 11.8 Å². The third kappa shape index (κ3) is 5.99. The van der Waals surface area contributed by atoms with E-state index in [9.17, 15) is 4.79 Å². The molecular weight excluding hydrogens is 266 g/mol. The molecule has 0 bridgehead atoms. The predicted molar refractivity (Wildman–Crippen MR) is 83.1 cm³/mol. The second kappa shape index (κ2) is 9.98. The van der Waals surface area contributed by atoms with E-state index in [1.807, 2.05) is 26.0 Å². The largest absolute Gasteiger partial charge is 0.395 e. The molecule has 0 aliphatic heterocycles. The highest BCUT2D eigenvalue weighted by Gasteiger charge is 2.13. The van der Waals surface area contributed by atoms with E-state index >= 15 is 0 Å². The van der Waals surface area contributed by atoms with Gasteiger partial charge in [0.25, 0.3) is 5.91 Å². The molecule has 1 amide bonds. The monoisotopic (exact) mass is 289 g/mol. The quantitative estimate of drug-likeness (QED) is 0.616. The second-order valence-electron chi connectivity index (χ2n) is 4.43. The van der Waals surface area contributed by atoms with Crippen molar-refractivity contribution in [3.8, 4) is 11.8 Å². The number of hydrogen-bond donors (Lipinski definition) is 1. The van der Waals surface area contributed by atoms with Gasteiger partial charge in [0, 0.05) is 37.2 Å². The van der Waals surface area contributed by atoms with Gasteiger partial charge in [0.1, 0.15) is 0 Å². The molecule has 1 aromatic rings. The number of benzene rings is 1. The molecule has 21 heavy (non-hydrogen) atoms. The summed E-state index contributed by atoms with van der Waals surface area (Å²) in [6, 6.07) is 7.23. The number of ether oxygens (including phenoxy) is 1. The third-order valence-electron chi connectivity index (χ3n) is 2.98. The van der Waals surface area contributed by atoms with E-state index in [0.29, 0.717) is 38.3 Å². The minimum Gasteiger partial charge on any atom is -0.395 e. The first-order chi connectivity index (χ1) is 10.2. The van der Waals surface area contributed by atoms with Gasteiger partial charge < -0.3 is 14.7 Å². The fourth-order valence-corrected chi connectivity index (χ4v) is 1.82. The molecule has 1 N–H and O–H groups in total. The van der Waals surface area contributed by atoms with Crippen molar-refractivity contribution < 1.29 is 14.6 Å². The molecule has 0 spiro atoms. The van der Waals surface area contributed by atoms with Crippen molar-refractivity contribution in [1.29, 1.82) is 0 Å². The zero-order chi connectivity index (χ0) is 15.5. The molecule has 0 atom stereocenters. The minimum atomic E-state index is 0.00655. The zero-order valence-electron chi connectivity index (χ0n) is 12.8. The fraction of sp³-hybridized carbons (Fsp3) is 0.471. The van der Waals surface area contributed by atoms with Crippen LogP contribution in [-0.4, -0.2) is 48.8 Å². The van der Waals surface area contributed by atoms with Crippen LogP contribution in [0.25, 0.3) is 0 Å². The van der Waals surface area contributed by atoms with Gasteiger partial charge in [0.2, 0.25) is 0 Å². The van der Waals surface area contributed by atoms with Crippen LogP contribution in [0, 0.1) is 11.8 Å². The maximum Gasteiger partial charge on any atom is 0.253 e. The molecule has 1 aromatic carbocycles. The highest BCUT2D eigenvalue weighted by atomic mass is 16.5. The number of aliphatic hydroxyl groups excluding tert-OH is 1. The van der Waals surface area contributed by atoms with E-state index in [4.69, 9.17) is 9.84 Å². The highest BCUT2D eigenvalue weighted by molar-refractivity contribution is 5.94. The smallest absolute Gasteiger partial charge is 0.253 e. The molecule has 4 nitrogen and oxygen atoms in total. The lowest BCUT2D eigenvalue weighted by molar-refractivity contribution is 0.0669. The Bertz CT molecular complexity index is 485. The Kier molecular flexibility index (Phi) is 8.18. The molecule has 0 aliphatic carbocycles. The number of nitrogens with zero attached hydrogens (tertiary/aromatic N) is 1. The van der Waals surface area contributed by atoms with Crippen LogP contribution in [-0.2, 0) is 4.74 Å². The zero-order valence-corrected chi connectivity index (χ0v) is 12.8. The number of carbonyl (C=O) groups is 1. The molecule has 0 unspecified atom stereocenters. The SMILES string of the molecule is CCOCCN(CC)C(=O)c1ccc(C#CCCO)cc1. The van der Waals surface area contributed by atoms with Crippen molar-refractivity contribution >= 4 is 5.91 Å². The molecule has 114 valence electrons. The summed E-state index contributed by atoms with van der Waals surface area (Å²) in [5, 5.41) is 8.68. The van der Waals surface area contributed by atoms with Crippen LogP contribution in [0.4, 0.5) is 0 Å². The number of likely N-dealkylation sites (N-methyl/N-ethyl adjacent to an activating group) is 1. The number of aliphatic hydroxyl groups is 1. The molecular formula is C17H23NO3. The van der Waals surface area contributed by atoms with Crippen LogP contribution < -0.4 is 0 Å². The van der Waals surface area contributed by atoms with Crippen LogP contribution in [0.1, 0.15) is 36.2 Å². The standard InChI is InChI=1S/C17H23NO3/c1-3-18(12-14-21-4-2)17(20)16-10-8-15(9-11-16)7-5-6-13-19/h8-11,19H,3-4,6,12-14H2,1-2H3. The number of hydrogen-bond acceptors (Lipinski definition) is 3. The summed E-state index contributed by atoms with van der Waals surface area (Å²) in [6.07, 6.45) is 0.460. The van der Waals surface area contributed by atoms with Crippen molar-refractivity contribution in [2.24, 2.45) is 0 Å². The first-order valence-electron chi connectivity index (χ1n) is 7.29. The van der Waals surface area contributed by atoms with Gasteiger partial charge in [-0.1, -0.05) is 11.8 Å². The van der Waals surface area contributed by atoms with Crippen LogP contribution in [0.5, 0.6) is 0 Å². The molecule has 1 rings (SSSR count). The Labute approximate surface area is 126 Å². The van der Waals surface area contributed by atoms with E-state index < -0.39 is 0 Å². The molecule has 0 fully saturated rings. The molecule has 0 aromatic heterocycles. The van der Waals surface area contributed by atoms with E-state index in [-0.39, 0.29) is 12.5 Å². The lowest BCUT2D eigenvalue weighted by Crippen LogP contribution is -2.33. The molecule has 0 radical (unpaired) electrons. The van der Waals surface area contributed by atoms with Crippen LogP contribution in [0.2, 0.25) is 0 Å². The van der Waals surface area contributed by atoms with E-state index in [1.54, 1.807) is 17.0 Å². The van der Waals surface area contributed by atoms with Crippen LogP contribution in [0.15, 0.2) is 24.3 Å². The summed E-state index contributed by atoms with van der Waals surface area (Å²) in [5.74, 6) is 5.80. The average molecular weight is 289 g/mol. The summed E-state index contributed by atoms with van der Waals surface area (Å²) in [4.78, 5) is 14.1. The van der Waals surface area contributed by atoms with Gasteiger partial charge in [-0.05, 0) is 38.1 Å². The van der Waals surface area contributed by atoms with Gasteiger partial charge in [-0.3, -0.25) is 4.79 Å². The lowest BCUT2D eigenvalue weighted by Gasteiger charge is -2.20. The van der Waals surface area contributed by atoms with Crippen molar-refractivity contribution in [2.45, 2.75) is 20.3 Å². The minimum absolute atomic E-state index is 0.00655. The Balaban J connectivity index is 2.67. The number of rotatable bonds is 7. The Morgan fingerprint density at radius 3 is 2.57 bits per heavy atom. The summed E-state index contributed by atoms with van der Waals surface area (Å²) in [6.45, 7) is 6.43. The summed E-state index contributed by atoms with van der Waals surface area (Å²) >= 11 is 0. The Morgan fingerprint density at radius 2 is 2.00 bits per heavy atom. The van der Waals surface area contributed by atoms with Gasteiger partial charge in [-0.15, -0.1) is 0 Å². The number of carbonyl (C=O) groups excluding carboxylic acids is 1. The van der Waals surface area contributed by atoms with Crippen molar-refractivity contribution in [2.75, 3.05) is 32.9 Å². The molecule has 0 aliphatic rings. The van der Waals surface area contributed by atoms with Gasteiger partial charge in [-0.2, -0.15) is 0 Å². The van der Waals surface area contributed by atoms with E-state index in [1.165, 1.54) is 0 Å². The van der Waals surface area contributed by atoms with Gasteiger partial charge in [-0.25, -0.2) is 0 Å². The average Bonchev–Trinajstić information content (AvgIpc) is 2.52. The van der Waals surface area contributed by atoms with Crippen LogP contribution in [0.3, 0.4) is 0 Å². The van der Waals surface area contributed by atoms with Crippen molar-refractivity contribution in [3.63, 3.8) is 0 Å². The fourth-order valence-electron chi connectivity index (χ4n) is 1.82. The number of amides is 1. The lowest BCUT2D eigenvalue weighted by atomic mass is 10.1. The third-order valence-corrected chi connectivity index (χ3v) is 2.98. The Morgan fingerprint density at radius 1 is 1.29 bits per heavy atom. The second-order valence-corrected chi connectivity index (χ2v) is 4.43. The summed E-state index contributed by atoms with van der Waals surface area (Å²) < 4.78 is 5.29. The topological polar surface area (TPSA) is 49.8 Å². The maximum absolute atomic E-state index is 12.3. The van der Waals surface area contributed by atoms with Gasteiger partial charge in [0.05, 0.1) is 13.2 Å². The molecule has 0 saturated carbocycles.